The zero-order valence-electron chi connectivity index (χ0n) is 12.8. The maximum atomic E-state index is 13.2. The lowest BCUT2D eigenvalue weighted by molar-refractivity contribution is 0.302. The molecule has 0 bridgehead atoms. The van der Waals surface area contributed by atoms with Crippen LogP contribution in [0.15, 0.2) is 28.1 Å². The minimum absolute atomic E-state index is 0.102. The smallest absolute Gasteiger partial charge is 0.266 e. The molecule has 0 amide bonds. The summed E-state index contributed by atoms with van der Waals surface area (Å²) < 4.78 is 39.6. The van der Waals surface area contributed by atoms with Gasteiger partial charge in [0.1, 0.15) is 10.7 Å². The molecular formula is C14H21FN4O2S. The minimum atomic E-state index is -3.77. The highest BCUT2D eigenvalue weighted by Crippen LogP contribution is 2.25. The van der Waals surface area contributed by atoms with Gasteiger partial charge in [-0.1, -0.05) is 13.8 Å². The topological polar surface area (TPSA) is 73.8 Å². The van der Waals surface area contributed by atoms with Crippen molar-refractivity contribution in [1.29, 1.82) is 0 Å². The number of nitrogens with one attached hydrogen (secondary N) is 2. The van der Waals surface area contributed by atoms with Crippen molar-refractivity contribution in [2.24, 2.45) is 4.99 Å². The lowest BCUT2D eigenvalue weighted by atomic mass is 10.3. The van der Waals surface area contributed by atoms with Gasteiger partial charge in [-0.2, -0.15) is 0 Å². The van der Waals surface area contributed by atoms with Crippen molar-refractivity contribution in [3.63, 3.8) is 0 Å². The van der Waals surface area contributed by atoms with Gasteiger partial charge in [-0.05, 0) is 44.3 Å². The molecule has 0 aliphatic carbocycles. The molecule has 1 aliphatic heterocycles. The Labute approximate surface area is 130 Å². The van der Waals surface area contributed by atoms with Gasteiger partial charge in [0.05, 0.1) is 5.69 Å². The highest BCUT2D eigenvalue weighted by Gasteiger charge is 2.26. The van der Waals surface area contributed by atoms with Crippen LogP contribution in [0.5, 0.6) is 0 Å². The van der Waals surface area contributed by atoms with Gasteiger partial charge in [-0.15, -0.1) is 0 Å². The van der Waals surface area contributed by atoms with E-state index in [4.69, 9.17) is 0 Å². The maximum Gasteiger partial charge on any atom is 0.266 e. The van der Waals surface area contributed by atoms with Crippen molar-refractivity contribution in [2.45, 2.75) is 25.2 Å². The third kappa shape index (κ3) is 3.95. The number of hydrogen-bond donors (Lipinski definition) is 2. The van der Waals surface area contributed by atoms with Gasteiger partial charge >= 0.3 is 0 Å². The van der Waals surface area contributed by atoms with Crippen molar-refractivity contribution >= 4 is 21.7 Å². The molecule has 0 spiro atoms. The third-order valence-electron chi connectivity index (χ3n) is 3.51. The average molecular weight is 328 g/mol. The van der Waals surface area contributed by atoms with Crippen molar-refractivity contribution < 1.29 is 12.8 Å². The molecule has 1 aromatic rings. The van der Waals surface area contributed by atoms with Crippen molar-refractivity contribution in [2.75, 3.05) is 31.5 Å². The summed E-state index contributed by atoms with van der Waals surface area (Å²) in [7, 11) is -3.77. The normalized spacial score (nSPS) is 17.9. The van der Waals surface area contributed by atoms with E-state index in [9.17, 15) is 12.8 Å². The number of sulfonamides is 1. The number of nitrogens with zero attached hydrogens (tertiary/aromatic N) is 2. The van der Waals surface area contributed by atoms with Crippen molar-refractivity contribution in [1.82, 2.24) is 9.62 Å². The molecule has 0 radical (unpaired) electrons. The fourth-order valence-electron chi connectivity index (χ4n) is 2.25. The predicted molar refractivity (Wildman–Crippen MR) is 85.1 cm³/mol. The Bertz CT molecular complexity index is 657. The average Bonchev–Trinajstić information content (AvgIpc) is 2.48. The van der Waals surface area contributed by atoms with Gasteiger partial charge in [-0.25, -0.2) is 17.5 Å². The number of halogens is 1. The molecule has 8 heteroatoms. The van der Waals surface area contributed by atoms with E-state index in [1.165, 1.54) is 12.1 Å². The zero-order chi connectivity index (χ0) is 16.2. The van der Waals surface area contributed by atoms with E-state index in [0.717, 1.165) is 32.1 Å². The van der Waals surface area contributed by atoms with Gasteiger partial charge in [-0.3, -0.25) is 4.99 Å². The molecule has 22 heavy (non-hydrogen) atoms. The second kappa shape index (κ2) is 7.06. The number of fused-ring (bicyclic) bond motifs is 1. The first-order valence-corrected chi connectivity index (χ1v) is 8.80. The fraction of sp³-hybridized carbons (Fsp3) is 0.500. The van der Waals surface area contributed by atoms with Gasteiger partial charge < -0.3 is 10.2 Å². The predicted octanol–water partition coefficient (Wildman–Crippen LogP) is 1.62. The van der Waals surface area contributed by atoms with Crippen LogP contribution in [0.2, 0.25) is 0 Å². The van der Waals surface area contributed by atoms with E-state index in [0.29, 0.717) is 12.2 Å². The number of aliphatic imine (C=N–C) groups is 1. The van der Waals surface area contributed by atoms with Crippen LogP contribution in [0.4, 0.5) is 10.1 Å². The van der Waals surface area contributed by atoms with E-state index >= 15 is 0 Å². The molecule has 6 nitrogen and oxygen atoms in total. The summed E-state index contributed by atoms with van der Waals surface area (Å²) in [6, 6.07) is 3.60. The largest absolute Gasteiger partial charge is 0.324 e. The summed E-state index contributed by atoms with van der Waals surface area (Å²) in [6.45, 7) is 7.59. The molecule has 2 N–H and O–H groups in total. The molecule has 1 aromatic carbocycles. The Morgan fingerprint density at radius 1 is 1.27 bits per heavy atom. The van der Waals surface area contributed by atoms with E-state index in [-0.39, 0.29) is 10.9 Å². The maximum absolute atomic E-state index is 13.2. The van der Waals surface area contributed by atoms with Crippen LogP contribution in [0.1, 0.15) is 20.3 Å². The van der Waals surface area contributed by atoms with Gasteiger partial charge in [0.2, 0.25) is 5.96 Å². The molecule has 2 rings (SSSR count). The number of guanidine groups is 1. The van der Waals surface area contributed by atoms with Crippen LogP contribution in [0, 0.1) is 5.82 Å². The number of anilines is 1. The SMILES string of the molecule is CCN(CC)CCCN=C1Nc2ccc(F)cc2S(=O)(=O)N1. The first-order valence-electron chi connectivity index (χ1n) is 7.32. The minimum Gasteiger partial charge on any atom is -0.324 e. The highest BCUT2D eigenvalue weighted by atomic mass is 32.2. The summed E-state index contributed by atoms with van der Waals surface area (Å²) >= 11 is 0. The Morgan fingerprint density at radius 2 is 2.00 bits per heavy atom. The Morgan fingerprint density at radius 3 is 2.68 bits per heavy atom. The molecule has 122 valence electrons. The second-order valence-electron chi connectivity index (χ2n) is 4.98. The zero-order valence-corrected chi connectivity index (χ0v) is 13.6. The number of hydrogen-bond acceptors (Lipinski definition) is 4. The summed E-state index contributed by atoms with van der Waals surface area (Å²) in [5, 5.41) is 2.88. The molecule has 1 aliphatic rings. The van der Waals surface area contributed by atoms with Crippen LogP contribution >= 0.6 is 0 Å². The van der Waals surface area contributed by atoms with Crippen LogP contribution < -0.4 is 10.0 Å². The summed E-state index contributed by atoms with van der Waals surface area (Å²) in [5.74, 6) is -0.413. The van der Waals surface area contributed by atoms with E-state index in [2.05, 4.69) is 33.8 Å². The molecule has 0 aromatic heterocycles. The van der Waals surface area contributed by atoms with Crippen LogP contribution in [0.25, 0.3) is 0 Å². The molecule has 0 saturated carbocycles. The molecule has 1 heterocycles. The molecular weight excluding hydrogens is 307 g/mol. The third-order valence-corrected chi connectivity index (χ3v) is 4.89. The quantitative estimate of drug-likeness (QED) is 0.778. The lowest BCUT2D eigenvalue weighted by Gasteiger charge is -2.21. The first kappa shape index (κ1) is 16.7. The lowest BCUT2D eigenvalue weighted by Crippen LogP contribution is -2.41. The molecule has 0 saturated heterocycles. The summed E-state index contributed by atoms with van der Waals surface area (Å²) in [4.78, 5) is 6.41. The Balaban J connectivity index is 2.03. The van der Waals surface area contributed by atoms with Crippen LogP contribution in [0.3, 0.4) is 0 Å². The molecule has 0 unspecified atom stereocenters. The van der Waals surface area contributed by atoms with Crippen LogP contribution in [-0.4, -0.2) is 45.5 Å². The summed E-state index contributed by atoms with van der Waals surface area (Å²) in [5.41, 5.74) is 0.336. The first-order chi connectivity index (χ1) is 10.5. The second-order valence-corrected chi connectivity index (χ2v) is 6.63. The van der Waals surface area contributed by atoms with E-state index in [1.807, 2.05) is 0 Å². The molecule has 0 atom stereocenters. The van der Waals surface area contributed by atoms with Crippen LogP contribution in [-0.2, 0) is 10.0 Å². The van der Waals surface area contributed by atoms with Gasteiger partial charge in [0, 0.05) is 6.54 Å². The van der Waals surface area contributed by atoms with Gasteiger partial charge in [0.25, 0.3) is 10.0 Å². The van der Waals surface area contributed by atoms with Gasteiger partial charge in [0.15, 0.2) is 0 Å². The monoisotopic (exact) mass is 328 g/mol. The van der Waals surface area contributed by atoms with E-state index in [1.54, 1.807) is 0 Å². The number of benzene rings is 1. The molecule has 0 fully saturated rings. The number of rotatable bonds is 6. The van der Waals surface area contributed by atoms with Crippen molar-refractivity contribution in [3.05, 3.63) is 24.0 Å². The standard InChI is InChI=1S/C14H21FN4O2S/c1-3-19(4-2)9-5-8-16-14-17-12-7-6-11(15)10-13(12)22(20,21)18-14/h6-7,10H,3-5,8-9H2,1-2H3,(H2,16,17,18). The summed E-state index contributed by atoms with van der Waals surface area (Å²) in [6.07, 6.45) is 0.838. The van der Waals surface area contributed by atoms with E-state index < -0.39 is 15.8 Å². The fourth-order valence-corrected chi connectivity index (χ4v) is 3.41. The van der Waals surface area contributed by atoms with Crippen molar-refractivity contribution in [3.8, 4) is 0 Å². The Hall–Kier alpha value is -1.67. The Kier molecular flexibility index (Phi) is 5.36. The highest BCUT2D eigenvalue weighted by molar-refractivity contribution is 7.90.